The van der Waals surface area contributed by atoms with Crippen LogP contribution in [0.2, 0.25) is 0 Å². The minimum atomic E-state index is -4.67. The van der Waals surface area contributed by atoms with Gasteiger partial charge in [0, 0.05) is 0 Å². The zero-order valence-electron chi connectivity index (χ0n) is 21.6. The van der Waals surface area contributed by atoms with E-state index in [1.54, 1.807) is 0 Å². The van der Waals surface area contributed by atoms with Crippen molar-refractivity contribution in [1.82, 2.24) is 0 Å². The molecular weight excluding hydrogens is 431 g/mol. The molecular formula is C22H49NaO7S. The Labute approximate surface area is 215 Å². The van der Waals surface area contributed by atoms with Crippen LogP contribution in [0.5, 0.6) is 0 Å². The Bertz CT molecular complexity index is 435. The van der Waals surface area contributed by atoms with E-state index in [-0.39, 0.29) is 43.2 Å². The number of rotatable bonds is 18. The van der Waals surface area contributed by atoms with Crippen LogP contribution in [0.3, 0.4) is 0 Å². The second-order valence-electron chi connectivity index (χ2n) is 8.24. The van der Waals surface area contributed by atoms with Crippen molar-refractivity contribution in [2.75, 3.05) is 0 Å². The van der Waals surface area contributed by atoms with Crippen LogP contribution in [-0.4, -0.2) is 52.2 Å². The molecule has 4 atom stereocenters. The van der Waals surface area contributed by atoms with Crippen molar-refractivity contribution < 1.29 is 63.5 Å². The van der Waals surface area contributed by atoms with Crippen molar-refractivity contribution in [3.05, 3.63) is 0 Å². The molecule has 7 nitrogen and oxygen atoms in total. The van der Waals surface area contributed by atoms with E-state index in [0.29, 0.717) is 0 Å². The van der Waals surface area contributed by atoms with E-state index in [1.807, 2.05) is 13.8 Å². The van der Waals surface area contributed by atoms with Crippen LogP contribution in [0, 0.1) is 0 Å². The van der Waals surface area contributed by atoms with Crippen LogP contribution >= 0.6 is 0 Å². The molecule has 9 heteroatoms. The zero-order valence-corrected chi connectivity index (χ0v) is 23.4. The maximum Gasteiger partial charge on any atom is 1.00 e. The molecule has 4 unspecified atom stereocenters. The number of hydrogen-bond acceptors (Lipinski definition) is 5. The van der Waals surface area contributed by atoms with Crippen LogP contribution < -0.4 is 29.6 Å². The maximum atomic E-state index is 10.2. The Balaban J connectivity index is -0.000000501. The molecule has 0 saturated carbocycles. The third kappa shape index (κ3) is 30.8. The van der Waals surface area contributed by atoms with Gasteiger partial charge in [-0.1, -0.05) is 90.9 Å². The molecule has 0 aliphatic rings. The molecule has 31 heavy (non-hydrogen) atoms. The van der Waals surface area contributed by atoms with Crippen molar-refractivity contribution in [2.45, 2.75) is 142 Å². The first-order valence-electron chi connectivity index (χ1n) is 11.7. The van der Waals surface area contributed by atoms with Gasteiger partial charge in [0.1, 0.15) is 0 Å². The van der Waals surface area contributed by atoms with E-state index in [0.717, 1.165) is 25.7 Å². The summed E-state index contributed by atoms with van der Waals surface area (Å²) in [4.78, 5) is 0. The Kier molecular flexibility index (Phi) is 28.0. The molecule has 4 N–H and O–H groups in total. The fourth-order valence-corrected chi connectivity index (χ4v) is 3.26. The van der Waals surface area contributed by atoms with Gasteiger partial charge >= 0.3 is 40.0 Å². The molecule has 0 aromatic heterocycles. The fourth-order valence-electron chi connectivity index (χ4n) is 3.26. The molecule has 0 aliphatic carbocycles. The van der Waals surface area contributed by atoms with Gasteiger partial charge in [-0.3, -0.25) is 9.11 Å². The van der Waals surface area contributed by atoms with Crippen molar-refractivity contribution in [1.29, 1.82) is 0 Å². The van der Waals surface area contributed by atoms with Gasteiger partial charge in [-0.05, 0) is 26.7 Å². The van der Waals surface area contributed by atoms with Crippen LogP contribution in [0.4, 0.5) is 0 Å². The average Bonchev–Trinajstić information content (AvgIpc) is 2.65. The van der Waals surface area contributed by atoms with Gasteiger partial charge < -0.3 is 16.4 Å². The number of ether oxygens (including phenoxy) is 1. The largest absolute Gasteiger partial charge is 1.00 e. The average molecular weight is 481 g/mol. The van der Waals surface area contributed by atoms with Crippen LogP contribution in [-0.2, 0) is 15.1 Å². The van der Waals surface area contributed by atoms with Crippen molar-refractivity contribution in [3.63, 3.8) is 0 Å². The second kappa shape index (κ2) is 23.9. The minimum Gasteiger partial charge on any atom is -1.00 e. The summed E-state index contributed by atoms with van der Waals surface area (Å²) in [6.07, 6.45) is 15.2. The van der Waals surface area contributed by atoms with Gasteiger partial charge in [0.05, 0.1) is 24.4 Å². The number of aliphatic hydroxyl groups is 2. The molecule has 0 rings (SSSR count). The van der Waals surface area contributed by atoms with E-state index in [9.17, 15) is 10.2 Å². The Morgan fingerprint density at radius 1 is 0.677 bits per heavy atom. The molecule has 0 aromatic carbocycles. The quantitative estimate of drug-likeness (QED) is 0.135. The zero-order chi connectivity index (χ0) is 23.4. The molecule has 0 radical (unpaired) electrons. The smallest absolute Gasteiger partial charge is 1.00 e. The summed E-state index contributed by atoms with van der Waals surface area (Å²) in [5.41, 5.74) is 0. The summed E-state index contributed by atoms with van der Waals surface area (Å²) < 4.78 is 37.4. The molecule has 186 valence electrons. The van der Waals surface area contributed by atoms with E-state index < -0.39 is 22.6 Å². The first kappa shape index (κ1) is 36.3. The minimum absolute atomic E-state index is 0. The number of unbranched alkanes of at least 4 members (excludes halogenated alkanes) is 10. The SMILES string of the molecule is CCCCCCCCC(O)C(C)OC(C)C(O)CCCCCCCC.O=S(=O)(O)O.[H-].[Na+]. The standard InChI is InChI=1S/C22H46O3.Na.H2O4S.H/c1-5-7-9-11-13-15-17-21(23)19(3)25-20(4)22(24)18-16-14-12-10-8-6-2;;1-5(2,3)4;/h19-24H,5-18H2,1-4H3;;(H2,1,2,3,4);/q;+1;;-1. The first-order valence-corrected chi connectivity index (χ1v) is 13.1. The summed E-state index contributed by atoms with van der Waals surface area (Å²) in [5, 5.41) is 20.5. The molecule has 0 bridgehead atoms. The first-order chi connectivity index (χ1) is 14.0. The van der Waals surface area contributed by atoms with Crippen molar-refractivity contribution in [2.24, 2.45) is 0 Å². The van der Waals surface area contributed by atoms with Crippen LogP contribution in [0.15, 0.2) is 0 Å². The normalized spacial score (nSPS) is 15.2. The summed E-state index contributed by atoms with van der Waals surface area (Å²) in [7, 11) is -4.67. The van der Waals surface area contributed by atoms with Gasteiger partial charge in [0.2, 0.25) is 0 Å². The van der Waals surface area contributed by atoms with Gasteiger partial charge in [-0.15, -0.1) is 0 Å². The van der Waals surface area contributed by atoms with Crippen LogP contribution in [0.1, 0.15) is 119 Å². The molecule has 0 fully saturated rings. The second-order valence-corrected chi connectivity index (χ2v) is 9.14. The Morgan fingerprint density at radius 2 is 0.935 bits per heavy atom. The number of aliphatic hydroxyl groups excluding tert-OH is 2. The van der Waals surface area contributed by atoms with Gasteiger partial charge in [0.25, 0.3) is 0 Å². The topological polar surface area (TPSA) is 124 Å². The predicted molar refractivity (Wildman–Crippen MR) is 123 cm³/mol. The molecule has 0 heterocycles. The third-order valence-corrected chi connectivity index (χ3v) is 5.22. The van der Waals surface area contributed by atoms with Gasteiger partial charge in [0.15, 0.2) is 0 Å². The van der Waals surface area contributed by atoms with Gasteiger partial charge in [-0.2, -0.15) is 8.42 Å². The molecule has 0 saturated heterocycles. The van der Waals surface area contributed by atoms with E-state index in [4.69, 9.17) is 22.3 Å². The summed E-state index contributed by atoms with van der Waals surface area (Å²) in [5.74, 6) is 0. The Hall–Kier alpha value is 0.750. The summed E-state index contributed by atoms with van der Waals surface area (Å²) >= 11 is 0. The third-order valence-electron chi connectivity index (χ3n) is 5.22. The summed E-state index contributed by atoms with van der Waals surface area (Å²) in [6.45, 7) is 8.31. The van der Waals surface area contributed by atoms with Crippen molar-refractivity contribution >= 4 is 10.4 Å². The Morgan fingerprint density at radius 3 is 1.23 bits per heavy atom. The molecule has 0 spiro atoms. The van der Waals surface area contributed by atoms with E-state index in [2.05, 4.69) is 13.8 Å². The predicted octanol–water partition coefficient (Wildman–Crippen LogP) is 2.47. The number of hydrogen-bond donors (Lipinski definition) is 4. The van der Waals surface area contributed by atoms with Gasteiger partial charge in [-0.25, -0.2) is 0 Å². The van der Waals surface area contributed by atoms with Crippen molar-refractivity contribution in [3.8, 4) is 0 Å². The van der Waals surface area contributed by atoms with E-state index >= 15 is 0 Å². The molecule has 0 aromatic rings. The van der Waals surface area contributed by atoms with E-state index in [1.165, 1.54) is 64.2 Å². The summed E-state index contributed by atoms with van der Waals surface area (Å²) in [6, 6.07) is 0. The molecule has 0 amide bonds. The monoisotopic (exact) mass is 480 g/mol. The molecule has 0 aliphatic heterocycles. The van der Waals surface area contributed by atoms with Crippen LogP contribution in [0.25, 0.3) is 0 Å². The maximum absolute atomic E-state index is 10.2. The fraction of sp³-hybridized carbons (Fsp3) is 1.00.